The zero-order valence-corrected chi connectivity index (χ0v) is 27.5. The third-order valence-corrected chi connectivity index (χ3v) is 10.2. The van der Waals surface area contributed by atoms with Gasteiger partial charge in [0.25, 0.3) is 11.1 Å². The van der Waals surface area contributed by atoms with Gasteiger partial charge in [-0.05, 0) is 59.7 Å². The summed E-state index contributed by atoms with van der Waals surface area (Å²) >= 11 is 0. The van der Waals surface area contributed by atoms with Crippen molar-refractivity contribution >= 4 is 45.3 Å². The molecule has 0 spiro atoms. The second-order valence-electron chi connectivity index (χ2n) is 12.9. The highest BCUT2D eigenvalue weighted by Gasteiger charge is 2.44. The number of allylic oxidation sites excluding steroid dienone is 2. The molecule has 0 saturated heterocycles. The number of ether oxygens (including phenoxy) is 2. The Morgan fingerprint density at radius 2 is 1.08 bits per heavy atom. The number of rotatable bonds is 8. The number of Topliss-reactive ketones (excluding diaryl/α,β-unsaturated/α-hetero) is 2. The molecule has 2 aromatic heterocycles. The molecular weight excluding hydrogens is 644 g/mol. The summed E-state index contributed by atoms with van der Waals surface area (Å²) in [5.74, 6) is -9.31. The average Bonchev–Trinajstić information content (AvgIpc) is 3.12. The van der Waals surface area contributed by atoms with Crippen LogP contribution in [0.25, 0.3) is 21.8 Å². The van der Waals surface area contributed by atoms with E-state index >= 15 is 0 Å². The average molecular weight is 679 g/mol. The van der Waals surface area contributed by atoms with E-state index in [0.717, 1.165) is 49.2 Å². The van der Waals surface area contributed by atoms with Gasteiger partial charge in [-0.1, -0.05) is 36.4 Å². The maximum absolute atomic E-state index is 14.2. The Morgan fingerprint density at radius 1 is 0.680 bits per heavy atom. The first-order valence-electron chi connectivity index (χ1n) is 16.5. The van der Waals surface area contributed by atoms with E-state index < -0.39 is 82.0 Å². The van der Waals surface area contributed by atoms with Crippen molar-refractivity contribution in [3.8, 4) is 0 Å². The maximum Gasteiger partial charge on any atom is 0.306 e. The van der Waals surface area contributed by atoms with E-state index in [1.165, 1.54) is 12.1 Å². The number of aromatic nitrogens is 2. The van der Waals surface area contributed by atoms with Crippen LogP contribution in [0, 0.1) is 0 Å². The molecule has 1 aliphatic carbocycles. The van der Waals surface area contributed by atoms with Gasteiger partial charge in [0.1, 0.15) is 0 Å². The zero-order valence-electron chi connectivity index (χ0n) is 27.5. The lowest BCUT2D eigenvalue weighted by molar-refractivity contribution is -0.142. The van der Waals surface area contributed by atoms with Crippen LogP contribution in [0.1, 0.15) is 59.8 Å². The van der Waals surface area contributed by atoms with Crippen molar-refractivity contribution in [1.29, 1.82) is 0 Å². The van der Waals surface area contributed by atoms with E-state index in [-0.39, 0.29) is 11.1 Å². The van der Waals surface area contributed by atoms with Crippen LogP contribution in [0.15, 0.2) is 80.8 Å². The Bertz CT molecular complexity index is 2190. The third kappa shape index (κ3) is 5.13. The van der Waals surface area contributed by atoms with Crippen LogP contribution in [0.4, 0.5) is 0 Å². The smallest absolute Gasteiger partial charge is 0.306 e. The van der Waals surface area contributed by atoms with Crippen LogP contribution < -0.4 is 11.1 Å². The third-order valence-electron chi connectivity index (χ3n) is 10.2. The van der Waals surface area contributed by atoms with Gasteiger partial charge in [-0.3, -0.25) is 28.8 Å². The molecule has 4 heterocycles. The predicted molar refractivity (Wildman–Crippen MR) is 181 cm³/mol. The lowest BCUT2D eigenvalue weighted by Gasteiger charge is -2.28. The number of benzene rings is 2. The summed E-state index contributed by atoms with van der Waals surface area (Å²) in [6, 6.07) is 14.1. The van der Waals surface area contributed by atoms with E-state index in [2.05, 4.69) is 0 Å². The molecule has 0 bridgehead atoms. The van der Waals surface area contributed by atoms with Crippen molar-refractivity contribution in [2.75, 3.05) is 14.2 Å². The number of carbonyl (C=O) groups is 4. The predicted octanol–water partition coefficient (Wildman–Crippen LogP) is 3.98. The molecule has 2 aliphatic heterocycles. The fraction of sp³-hybridized carbons (Fsp3) is 0.316. The van der Waals surface area contributed by atoms with Crippen LogP contribution in [0.5, 0.6) is 0 Å². The summed E-state index contributed by atoms with van der Waals surface area (Å²) in [4.78, 5) is 82.0. The van der Waals surface area contributed by atoms with Crippen molar-refractivity contribution in [1.82, 2.24) is 9.13 Å². The van der Waals surface area contributed by atoms with Crippen LogP contribution in [0.3, 0.4) is 0 Å². The molecule has 12 heteroatoms. The molecular formula is C38H34N2O10. The van der Waals surface area contributed by atoms with Gasteiger partial charge in [0, 0.05) is 36.1 Å². The molecule has 256 valence electrons. The second-order valence-corrected chi connectivity index (χ2v) is 12.9. The lowest BCUT2D eigenvalue weighted by Crippen LogP contribution is -2.36. The molecule has 0 saturated carbocycles. The zero-order chi connectivity index (χ0) is 35.4. The maximum atomic E-state index is 14.2. The Labute approximate surface area is 284 Å². The molecule has 7 rings (SSSR count). The number of ketones is 2. The van der Waals surface area contributed by atoms with Crippen molar-refractivity contribution in [2.24, 2.45) is 0 Å². The summed E-state index contributed by atoms with van der Waals surface area (Å²) < 4.78 is 12.9. The summed E-state index contributed by atoms with van der Waals surface area (Å²) in [6.45, 7) is 0.747. The van der Waals surface area contributed by atoms with Gasteiger partial charge >= 0.3 is 11.9 Å². The van der Waals surface area contributed by atoms with Crippen LogP contribution in [-0.2, 0) is 54.6 Å². The van der Waals surface area contributed by atoms with Crippen LogP contribution in [0.2, 0.25) is 0 Å². The Morgan fingerprint density at radius 3 is 1.46 bits per heavy atom. The van der Waals surface area contributed by atoms with Crippen molar-refractivity contribution in [2.45, 2.75) is 63.5 Å². The van der Waals surface area contributed by atoms with Crippen LogP contribution in [-0.4, -0.2) is 57.1 Å². The molecule has 2 aromatic carbocycles. The van der Waals surface area contributed by atoms with Gasteiger partial charge in [-0.15, -0.1) is 0 Å². The molecule has 12 nitrogen and oxygen atoms in total. The molecule has 2 atom stereocenters. The monoisotopic (exact) mass is 678 g/mol. The van der Waals surface area contributed by atoms with E-state index in [1.54, 1.807) is 21.3 Å². The van der Waals surface area contributed by atoms with Gasteiger partial charge in [0.2, 0.25) is 11.6 Å². The molecule has 2 N–H and O–H groups in total. The van der Waals surface area contributed by atoms with Crippen molar-refractivity contribution < 1.29 is 38.9 Å². The number of aryl methyl sites for hydroxylation is 4. The highest BCUT2D eigenvalue weighted by atomic mass is 16.5. The Kier molecular flexibility index (Phi) is 8.25. The van der Waals surface area contributed by atoms with Gasteiger partial charge in [-0.25, -0.2) is 0 Å². The number of esters is 2. The first-order chi connectivity index (χ1) is 24.0. The van der Waals surface area contributed by atoms with Crippen molar-refractivity contribution in [3.63, 3.8) is 0 Å². The highest BCUT2D eigenvalue weighted by Crippen LogP contribution is 2.41. The summed E-state index contributed by atoms with van der Waals surface area (Å²) in [5, 5.41) is 24.5. The normalized spacial score (nSPS) is 16.9. The number of aliphatic hydroxyl groups excluding tert-OH is 2. The minimum absolute atomic E-state index is 0.0466. The first-order valence-corrected chi connectivity index (χ1v) is 16.5. The molecule has 0 radical (unpaired) electrons. The fourth-order valence-corrected chi connectivity index (χ4v) is 7.87. The molecule has 50 heavy (non-hydrogen) atoms. The number of pyridine rings is 2. The first kappa shape index (κ1) is 32.8. The van der Waals surface area contributed by atoms with Crippen LogP contribution >= 0.6 is 0 Å². The van der Waals surface area contributed by atoms with Gasteiger partial charge in [0.15, 0.2) is 11.5 Å². The minimum atomic E-state index is -1.48. The Balaban J connectivity index is 1.40. The van der Waals surface area contributed by atoms with Gasteiger partial charge < -0.3 is 28.8 Å². The SMILES string of the molecule is COC(=O)CC(C1=C(O)C(=O)C(C(CC(=O)OC)c2cc3cccc4c3n(c2=O)CCC4)=C(O)C1=O)c1cc2cccc3c2n(c1=O)CCC3. The second kappa shape index (κ2) is 12.6. The van der Waals surface area contributed by atoms with E-state index in [4.69, 9.17) is 9.47 Å². The number of methoxy groups -OCH3 is 2. The number of nitrogens with zero attached hydrogens (tertiary/aromatic N) is 2. The number of carbonyl (C=O) groups excluding carboxylic acids is 4. The minimum Gasteiger partial charge on any atom is -0.504 e. The van der Waals surface area contributed by atoms with E-state index in [9.17, 15) is 39.0 Å². The summed E-state index contributed by atoms with van der Waals surface area (Å²) in [6.07, 6.45) is 1.66. The largest absolute Gasteiger partial charge is 0.504 e. The van der Waals surface area contributed by atoms with E-state index in [1.807, 2.05) is 24.3 Å². The molecule has 0 amide bonds. The quantitative estimate of drug-likeness (QED) is 0.205. The topological polar surface area (TPSA) is 171 Å². The summed E-state index contributed by atoms with van der Waals surface area (Å²) in [5.41, 5.74) is 0.909. The van der Waals surface area contributed by atoms with Crippen molar-refractivity contribution in [3.05, 3.63) is 114 Å². The lowest BCUT2D eigenvalue weighted by atomic mass is 9.75. The molecule has 0 fully saturated rings. The number of hydrogen-bond donors (Lipinski definition) is 2. The number of para-hydroxylation sites is 2. The van der Waals surface area contributed by atoms with Gasteiger partial charge in [-0.2, -0.15) is 0 Å². The molecule has 2 unspecified atom stereocenters. The molecule has 3 aliphatic rings. The number of aliphatic hydroxyl groups is 2. The summed E-state index contributed by atoms with van der Waals surface area (Å²) in [7, 11) is 2.24. The standard InChI is InChI=1S/C38H34N2O10/c1-49-27(41)17-23(25-15-21-9-3-7-19-11-5-13-39(31(19)21)37(25)47)29-33(43)35(45)30(36(46)34(29)44)24(18-28(42)50-2)26-16-22-10-4-8-20-12-6-14-40(32(20)22)38(26)48/h3-4,7-10,15-16,23-24,43,46H,5-6,11-14,17-18H2,1-2H3. The van der Waals surface area contributed by atoms with E-state index in [0.29, 0.717) is 36.7 Å². The molecule has 4 aromatic rings. The highest BCUT2D eigenvalue weighted by molar-refractivity contribution is 6.24. The van der Waals surface area contributed by atoms with Gasteiger partial charge in [0.05, 0.1) is 49.2 Å². The fourth-order valence-electron chi connectivity index (χ4n) is 7.87. The number of hydrogen-bond acceptors (Lipinski definition) is 10. The Hall–Kier alpha value is -5.78.